The van der Waals surface area contributed by atoms with Crippen LogP contribution < -0.4 is 11.0 Å². The quantitative estimate of drug-likeness (QED) is 0.671. The van der Waals surface area contributed by atoms with Gasteiger partial charge in [0, 0.05) is 0 Å². The molecule has 0 fully saturated rings. The van der Waals surface area contributed by atoms with E-state index >= 15 is 0 Å². The summed E-state index contributed by atoms with van der Waals surface area (Å²) in [4.78, 5) is 11.2. The van der Waals surface area contributed by atoms with Crippen LogP contribution in [0.1, 0.15) is 12.5 Å². The molecule has 0 radical (unpaired) electrons. The Hall–Kier alpha value is -2.40. The monoisotopic (exact) mass is 288 g/mol. The summed E-state index contributed by atoms with van der Waals surface area (Å²) in [6.07, 6.45) is 5.03. The molecular formula is C14H13ClN4O. The number of anilines is 1. The molecule has 102 valence electrons. The number of aromatic amines is 1. The molecule has 20 heavy (non-hydrogen) atoms. The highest BCUT2D eigenvalue weighted by Crippen LogP contribution is 2.14. The van der Waals surface area contributed by atoms with E-state index in [0.717, 1.165) is 11.1 Å². The fourth-order valence-corrected chi connectivity index (χ4v) is 1.65. The van der Waals surface area contributed by atoms with Crippen LogP contribution in [0.15, 0.2) is 52.0 Å². The molecule has 0 spiro atoms. The van der Waals surface area contributed by atoms with Crippen LogP contribution in [0.25, 0.3) is 6.08 Å². The minimum absolute atomic E-state index is 0.0295. The largest absolute Gasteiger partial charge is 0.285 e. The van der Waals surface area contributed by atoms with Crippen molar-refractivity contribution in [2.45, 2.75) is 6.92 Å². The summed E-state index contributed by atoms with van der Waals surface area (Å²) in [6.45, 7) is 1.93. The van der Waals surface area contributed by atoms with Gasteiger partial charge in [0.2, 0.25) is 0 Å². The molecule has 0 aliphatic carbocycles. The Morgan fingerprint density at radius 1 is 1.40 bits per heavy atom. The molecule has 2 aromatic rings. The molecule has 0 bridgehead atoms. The summed E-state index contributed by atoms with van der Waals surface area (Å²) < 4.78 is 0. The topological polar surface area (TPSA) is 70.1 Å². The summed E-state index contributed by atoms with van der Waals surface area (Å²) in [6, 6.07) is 9.90. The highest BCUT2D eigenvalue weighted by Gasteiger charge is 2.02. The predicted octanol–water partition coefficient (Wildman–Crippen LogP) is 2.92. The average molecular weight is 289 g/mol. The van der Waals surface area contributed by atoms with Crippen molar-refractivity contribution >= 4 is 29.6 Å². The fraction of sp³-hybridized carbons (Fsp3) is 0.0714. The van der Waals surface area contributed by atoms with Crippen LogP contribution in [0.3, 0.4) is 0 Å². The summed E-state index contributed by atoms with van der Waals surface area (Å²) in [7, 11) is 0. The second-order valence-corrected chi connectivity index (χ2v) is 4.47. The number of benzene rings is 1. The first kappa shape index (κ1) is 14.0. The second-order valence-electron chi connectivity index (χ2n) is 4.10. The van der Waals surface area contributed by atoms with E-state index in [0.29, 0.717) is 5.69 Å². The number of aromatic nitrogens is 2. The highest BCUT2D eigenvalue weighted by molar-refractivity contribution is 6.32. The van der Waals surface area contributed by atoms with Crippen molar-refractivity contribution in [1.29, 1.82) is 0 Å². The van der Waals surface area contributed by atoms with E-state index in [1.54, 1.807) is 6.21 Å². The number of rotatable bonds is 4. The molecule has 5 nitrogen and oxygen atoms in total. The van der Waals surface area contributed by atoms with Gasteiger partial charge >= 0.3 is 0 Å². The van der Waals surface area contributed by atoms with Crippen LogP contribution in [0.2, 0.25) is 5.02 Å². The third-order valence-electron chi connectivity index (χ3n) is 2.44. The van der Waals surface area contributed by atoms with Gasteiger partial charge in [-0.25, -0.2) is 5.10 Å². The van der Waals surface area contributed by atoms with Gasteiger partial charge in [-0.15, -0.1) is 0 Å². The molecule has 0 atom stereocenters. The van der Waals surface area contributed by atoms with Gasteiger partial charge in [0.25, 0.3) is 5.56 Å². The van der Waals surface area contributed by atoms with Gasteiger partial charge in [0.1, 0.15) is 10.7 Å². The van der Waals surface area contributed by atoms with E-state index in [4.69, 9.17) is 11.6 Å². The number of hydrazone groups is 1. The maximum absolute atomic E-state index is 11.2. The Labute approximate surface area is 121 Å². The molecular weight excluding hydrogens is 276 g/mol. The van der Waals surface area contributed by atoms with Crippen LogP contribution >= 0.6 is 11.6 Å². The SMILES string of the molecule is CC(/C=N\Nc1cn[nH]c(=O)c1Cl)=C\c1ccccc1. The molecule has 2 rings (SSSR count). The van der Waals surface area contributed by atoms with Crippen molar-refractivity contribution in [2.75, 3.05) is 5.43 Å². The van der Waals surface area contributed by atoms with Gasteiger partial charge in [0.15, 0.2) is 0 Å². The van der Waals surface area contributed by atoms with Crippen LogP contribution in [0.5, 0.6) is 0 Å². The number of H-pyrrole nitrogens is 1. The van der Waals surface area contributed by atoms with Crippen molar-refractivity contribution in [3.63, 3.8) is 0 Å². The maximum Gasteiger partial charge on any atom is 0.285 e. The van der Waals surface area contributed by atoms with E-state index < -0.39 is 5.56 Å². The Kier molecular flexibility index (Phi) is 4.68. The molecule has 0 saturated carbocycles. The number of nitrogens with zero attached hydrogens (tertiary/aromatic N) is 2. The molecule has 0 aliphatic heterocycles. The van der Waals surface area contributed by atoms with E-state index in [1.807, 2.05) is 43.3 Å². The van der Waals surface area contributed by atoms with Crippen LogP contribution in [-0.4, -0.2) is 16.4 Å². The van der Waals surface area contributed by atoms with Gasteiger partial charge in [-0.2, -0.15) is 10.2 Å². The van der Waals surface area contributed by atoms with Gasteiger partial charge in [0.05, 0.1) is 12.4 Å². The van der Waals surface area contributed by atoms with Crippen molar-refractivity contribution < 1.29 is 0 Å². The van der Waals surface area contributed by atoms with Crippen molar-refractivity contribution in [3.05, 3.63) is 63.0 Å². The van der Waals surface area contributed by atoms with Crippen molar-refractivity contribution in [2.24, 2.45) is 5.10 Å². The lowest BCUT2D eigenvalue weighted by atomic mass is 10.1. The number of nitrogens with one attached hydrogen (secondary N) is 2. The molecule has 6 heteroatoms. The first-order chi connectivity index (χ1) is 9.66. The number of halogens is 1. The third-order valence-corrected chi connectivity index (χ3v) is 2.82. The number of hydrogen-bond acceptors (Lipinski definition) is 4. The third kappa shape index (κ3) is 3.80. The normalized spacial score (nSPS) is 11.8. The van der Waals surface area contributed by atoms with Crippen LogP contribution in [0, 0.1) is 0 Å². The average Bonchev–Trinajstić information content (AvgIpc) is 2.44. The van der Waals surface area contributed by atoms with E-state index in [1.165, 1.54) is 6.20 Å². The molecule has 0 unspecified atom stereocenters. The lowest BCUT2D eigenvalue weighted by molar-refractivity contribution is 0.987. The molecule has 0 saturated heterocycles. The predicted molar refractivity (Wildman–Crippen MR) is 82.1 cm³/mol. The Morgan fingerprint density at radius 3 is 2.90 bits per heavy atom. The molecule has 1 aromatic carbocycles. The van der Waals surface area contributed by atoms with Gasteiger partial charge in [-0.3, -0.25) is 10.2 Å². The van der Waals surface area contributed by atoms with Gasteiger partial charge in [-0.1, -0.05) is 48.0 Å². The summed E-state index contributed by atoms with van der Waals surface area (Å²) in [5.74, 6) is 0. The summed E-state index contributed by atoms with van der Waals surface area (Å²) >= 11 is 5.80. The molecule has 0 amide bonds. The highest BCUT2D eigenvalue weighted by atomic mass is 35.5. The van der Waals surface area contributed by atoms with E-state index in [2.05, 4.69) is 20.7 Å². The molecule has 0 aliphatic rings. The Bertz CT molecular complexity index is 692. The molecule has 1 aromatic heterocycles. The lowest BCUT2D eigenvalue weighted by Gasteiger charge is -2.00. The van der Waals surface area contributed by atoms with Crippen molar-refractivity contribution in [3.8, 4) is 0 Å². The summed E-state index contributed by atoms with van der Waals surface area (Å²) in [5.41, 5.74) is 4.64. The Balaban J connectivity index is 2.05. The summed E-state index contributed by atoms with van der Waals surface area (Å²) in [5, 5.41) is 9.92. The number of hydrogen-bond donors (Lipinski definition) is 2. The Morgan fingerprint density at radius 2 is 2.15 bits per heavy atom. The zero-order valence-electron chi connectivity index (χ0n) is 10.8. The van der Waals surface area contributed by atoms with E-state index in [-0.39, 0.29) is 5.02 Å². The van der Waals surface area contributed by atoms with Crippen LogP contribution in [-0.2, 0) is 0 Å². The zero-order chi connectivity index (χ0) is 14.4. The van der Waals surface area contributed by atoms with Gasteiger partial charge < -0.3 is 0 Å². The zero-order valence-corrected chi connectivity index (χ0v) is 11.6. The molecule has 1 heterocycles. The van der Waals surface area contributed by atoms with Gasteiger partial charge in [-0.05, 0) is 18.1 Å². The lowest BCUT2D eigenvalue weighted by Crippen LogP contribution is -2.10. The second kappa shape index (κ2) is 6.68. The smallest absolute Gasteiger partial charge is 0.275 e. The molecule has 2 N–H and O–H groups in total. The first-order valence-electron chi connectivity index (χ1n) is 5.92. The minimum Gasteiger partial charge on any atom is -0.275 e. The van der Waals surface area contributed by atoms with E-state index in [9.17, 15) is 4.79 Å². The fourth-order valence-electron chi connectivity index (χ4n) is 1.51. The number of allylic oxidation sites excluding steroid dienone is 1. The van der Waals surface area contributed by atoms with Crippen LogP contribution in [0.4, 0.5) is 5.69 Å². The van der Waals surface area contributed by atoms with Crippen molar-refractivity contribution in [1.82, 2.24) is 10.2 Å². The first-order valence-corrected chi connectivity index (χ1v) is 6.30. The maximum atomic E-state index is 11.2. The standard InChI is InChI=1S/C14H13ClN4O/c1-10(7-11-5-3-2-4-6-11)8-16-18-12-9-17-19-14(20)13(12)15/h2-9H,1H3,(H2,18,19,20)/b10-7+,16-8-. The minimum atomic E-state index is -0.455.